The smallest absolute Gasteiger partial charge is 0.163 e. The summed E-state index contributed by atoms with van der Waals surface area (Å²) in [7, 11) is 0. The van der Waals surface area contributed by atoms with Gasteiger partial charge in [-0.1, -0.05) is 43.2 Å². The van der Waals surface area contributed by atoms with Gasteiger partial charge in [-0.15, -0.1) is 0 Å². The Kier molecular flexibility index (Phi) is 2.55. The number of Topliss-reactive ketones (excluding diaryl/α,β-unsaturated/α-hetero) is 1. The zero-order valence-electron chi connectivity index (χ0n) is 9.56. The van der Waals surface area contributed by atoms with Crippen molar-refractivity contribution in [3.8, 4) is 0 Å². The zero-order valence-corrected chi connectivity index (χ0v) is 9.56. The minimum Gasteiger partial charge on any atom is -0.294 e. The second kappa shape index (κ2) is 4.04. The molecule has 3 atom stereocenters. The molecule has 2 aliphatic carbocycles. The Morgan fingerprint density at radius 3 is 2.31 bits per heavy atom. The Morgan fingerprint density at radius 2 is 1.69 bits per heavy atom. The SMILES string of the molecule is O=C(CC1[C@H]2CCCC[C@@H]12)c1ccccc1. The lowest BCUT2D eigenvalue weighted by atomic mass is 10.0. The molecule has 1 aromatic rings. The van der Waals surface area contributed by atoms with Crippen LogP contribution in [0.25, 0.3) is 0 Å². The van der Waals surface area contributed by atoms with Crippen molar-refractivity contribution in [2.75, 3.05) is 0 Å². The van der Waals surface area contributed by atoms with Gasteiger partial charge in [0.2, 0.25) is 0 Å². The van der Waals surface area contributed by atoms with Gasteiger partial charge in [0.1, 0.15) is 0 Å². The quantitative estimate of drug-likeness (QED) is 0.701. The molecular weight excluding hydrogens is 196 g/mol. The molecule has 1 heteroatoms. The fraction of sp³-hybridized carbons (Fsp3) is 0.533. The summed E-state index contributed by atoms with van der Waals surface area (Å²) < 4.78 is 0. The van der Waals surface area contributed by atoms with Crippen LogP contribution in [-0.2, 0) is 0 Å². The van der Waals surface area contributed by atoms with Gasteiger partial charge in [0, 0.05) is 12.0 Å². The van der Waals surface area contributed by atoms with Crippen LogP contribution < -0.4 is 0 Å². The van der Waals surface area contributed by atoms with Crippen LogP contribution in [0.15, 0.2) is 30.3 Å². The molecule has 1 nitrogen and oxygen atoms in total. The summed E-state index contributed by atoms with van der Waals surface area (Å²) in [6, 6.07) is 9.75. The molecule has 84 valence electrons. The van der Waals surface area contributed by atoms with Crippen LogP contribution in [0.1, 0.15) is 42.5 Å². The van der Waals surface area contributed by atoms with Crippen molar-refractivity contribution >= 4 is 5.78 Å². The second-order valence-electron chi connectivity index (χ2n) is 5.27. The Labute approximate surface area is 96.9 Å². The highest BCUT2D eigenvalue weighted by Gasteiger charge is 2.50. The number of ketones is 1. The van der Waals surface area contributed by atoms with Gasteiger partial charge in [-0.05, 0) is 30.6 Å². The van der Waals surface area contributed by atoms with E-state index in [9.17, 15) is 4.79 Å². The van der Waals surface area contributed by atoms with Crippen molar-refractivity contribution in [3.63, 3.8) is 0 Å². The number of rotatable bonds is 3. The van der Waals surface area contributed by atoms with Gasteiger partial charge in [-0.2, -0.15) is 0 Å². The topological polar surface area (TPSA) is 17.1 Å². The summed E-state index contributed by atoms with van der Waals surface area (Å²) in [5.74, 6) is 2.85. The number of hydrogen-bond acceptors (Lipinski definition) is 1. The molecule has 0 N–H and O–H groups in total. The van der Waals surface area contributed by atoms with E-state index in [0.29, 0.717) is 5.78 Å². The van der Waals surface area contributed by atoms with Gasteiger partial charge in [0.05, 0.1) is 0 Å². The fourth-order valence-corrected chi connectivity index (χ4v) is 3.40. The van der Waals surface area contributed by atoms with Crippen LogP contribution in [0.4, 0.5) is 0 Å². The molecule has 1 aromatic carbocycles. The number of fused-ring (bicyclic) bond motifs is 1. The van der Waals surface area contributed by atoms with E-state index in [1.54, 1.807) is 0 Å². The third kappa shape index (κ3) is 1.79. The molecule has 0 amide bonds. The van der Waals surface area contributed by atoms with Crippen molar-refractivity contribution in [3.05, 3.63) is 35.9 Å². The Bertz CT molecular complexity index is 370. The standard InChI is InChI=1S/C15H18O/c16-15(11-6-2-1-3-7-11)10-14-12-8-4-5-9-13(12)14/h1-3,6-7,12-14H,4-5,8-10H2/t12-,13+,14?. The lowest BCUT2D eigenvalue weighted by Crippen LogP contribution is -2.00. The normalized spacial score (nSPS) is 31.9. The summed E-state index contributed by atoms with van der Waals surface area (Å²) in [5, 5.41) is 0. The van der Waals surface area contributed by atoms with E-state index in [0.717, 1.165) is 29.7 Å². The first kappa shape index (κ1) is 10.1. The van der Waals surface area contributed by atoms with Crippen LogP contribution in [-0.4, -0.2) is 5.78 Å². The van der Waals surface area contributed by atoms with Crippen LogP contribution in [0.3, 0.4) is 0 Å². The first-order chi connectivity index (χ1) is 7.86. The highest BCUT2D eigenvalue weighted by Crippen LogP contribution is 2.57. The largest absolute Gasteiger partial charge is 0.294 e. The van der Waals surface area contributed by atoms with Crippen molar-refractivity contribution in [1.29, 1.82) is 0 Å². The molecule has 3 rings (SSSR count). The summed E-state index contributed by atoms with van der Waals surface area (Å²) in [5.41, 5.74) is 0.895. The maximum absolute atomic E-state index is 12.0. The predicted molar refractivity (Wildman–Crippen MR) is 64.3 cm³/mol. The number of carbonyl (C=O) groups excluding carboxylic acids is 1. The molecule has 0 heterocycles. The fourth-order valence-electron chi connectivity index (χ4n) is 3.40. The van der Waals surface area contributed by atoms with Crippen LogP contribution in [0.2, 0.25) is 0 Å². The van der Waals surface area contributed by atoms with Crippen LogP contribution in [0, 0.1) is 17.8 Å². The van der Waals surface area contributed by atoms with E-state index in [4.69, 9.17) is 0 Å². The molecule has 0 bridgehead atoms. The molecule has 2 saturated carbocycles. The Hall–Kier alpha value is -1.11. The van der Waals surface area contributed by atoms with Crippen molar-refractivity contribution < 1.29 is 4.79 Å². The Balaban J connectivity index is 1.62. The molecule has 0 aromatic heterocycles. The lowest BCUT2D eigenvalue weighted by Gasteiger charge is -2.04. The van der Waals surface area contributed by atoms with Gasteiger partial charge < -0.3 is 0 Å². The number of hydrogen-bond donors (Lipinski definition) is 0. The van der Waals surface area contributed by atoms with Gasteiger partial charge in [0.25, 0.3) is 0 Å². The molecular formula is C15H18O. The first-order valence-corrected chi connectivity index (χ1v) is 6.44. The molecule has 1 unspecified atom stereocenters. The summed E-state index contributed by atoms with van der Waals surface area (Å²) >= 11 is 0. The van der Waals surface area contributed by atoms with E-state index in [2.05, 4.69) is 0 Å². The lowest BCUT2D eigenvalue weighted by molar-refractivity contribution is 0.0972. The van der Waals surface area contributed by atoms with Crippen LogP contribution >= 0.6 is 0 Å². The van der Waals surface area contributed by atoms with E-state index in [1.807, 2.05) is 30.3 Å². The highest BCUT2D eigenvalue weighted by atomic mass is 16.1. The monoisotopic (exact) mass is 214 g/mol. The van der Waals surface area contributed by atoms with E-state index < -0.39 is 0 Å². The average molecular weight is 214 g/mol. The summed E-state index contributed by atoms with van der Waals surface area (Å²) in [4.78, 5) is 12.0. The highest BCUT2D eigenvalue weighted by molar-refractivity contribution is 5.96. The molecule has 16 heavy (non-hydrogen) atoms. The molecule has 0 saturated heterocycles. The van der Waals surface area contributed by atoms with Crippen molar-refractivity contribution in [1.82, 2.24) is 0 Å². The zero-order chi connectivity index (χ0) is 11.0. The number of carbonyl (C=O) groups is 1. The average Bonchev–Trinajstić information content (AvgIpc) is 3.04. The van der Waals surface area contributed by atoms with Gasteiger partial charge >= 0.3 is 0 Å². The maximum Gasteiger partial charge on any atom is 0.163 e. The molecule has 0 radical (unpaired) electrons. The predicted octanol–water partition coefficient (Wildman–Crippen LogP) is 3.70. The van der Waals surface area contributed by atoms with Gasteiger partial charge in [0.15, 0.2) is 5.78 Å². The van der Waals surface area contributed by atoms with E-state index in [1.165, 1.54) is 25.7 Å². The van der Waals surface area contributed by atoms with Crippen molar-refractivity contribution in [2.45, 2.75) is 32.1 Å². The van der Waals surface area contributed by atoms with E-state index in [-0.39, 0.29) is 0 Å². The second-order valence-corrected chi connectivity index (χ2v) is 5.27. The third-order valence-electron chi connectivity index (χ3n) is 4.35. The van der Waals surface area contributed by atoms with Gasteiger partial charge in [-0.3, -0.25) is 4.79 Å². The molecule has 2 aliphatic rings. The van der Waals surface area contributed by atoms with Crippen LogP contribution in [0.5, 0.6) is 0 Å². The first-order valence-electron chi connectivity index (χ1n) is 6.44. The molecule has 2 fully saturated rings. The van der Waals surface area contributed by atoms with E-state index >= 15 is 0 Å². The molecule has 0 spiro atoms. The summed E-state index contributed by atoms with van der Waals surface area (Å²) in [6.07, 6.45) is 6.31. The minimum atomic E-state index is 0.347. The Morgan fingerprint density at radius 1 is 1.06 bits per heavy atom. The minimum absolute atomic E-state index is 0.347. The van der Waals surface area contributed by atoms with Gasteiger partial charge in [-0.25, -0.2) is 0 Å². The van der Waals surface area contributed by atoms with Crippen molar-refractivity contribution in [2.24, 2.45) is 17.8 Å². The number of benzene rings is 1. The third-order valence-corrected chi connectivity index (χ3v) is 4.35. The summed E-state index contributed by atoms with van der Waals surface area (Å²) in [6.45, 7) is 0. The maximum atomic E-state index is 12.0. The molecule has 0 aliphatic heterocycles.